The molecule has 2 N–H and O–H groups in total. The number of benzene rings is 3. The van der Waals surface area contributed by atoms with E-state index in [-0.39, 0.29) is 0 Å². The highest BCUT2D eigenvalue weighted by Crippen LogP contribution is 2.41. The van der Waals surface area contributed by atoms with Crippen molar-refractivity contribution in [3.05, 3.63) is 75.8 Å². The standard InChI is InChI=1S/C34H47BO2/c1-19(2)25-12-24(11)33(30(16-25)21(5)6)27-13-28(15-29(14-27)35(36)37)34-31(22(7)8)17-26(20(3)4)18-32(34)23(9)10/h12-23,36-37H,1-11H3. The van der Waals surface area contributed by atoms with Gasteiger partial charge in [-0.1, -0.05) is 106 Å². The van der Waals surface area contributed by atoms with Crippen LogP contribution in [-0.2, 0) is 0 Å². The fraction of sp³-hybridized carbons (Fsp3) is 0.471. The maximum Gasteiger partial charge on any atom is 0.488 e. The van der Waals surface area contributed by atoms with Crippen LogP contribution in [-0.4, -0.2) is 17.2 Å². The van der Waals surface area contributed by atoms with E-state index in [9.17, 15) is 10.0 Å². The molecule has 0 heterocycles. The van der Waals surface area contributed by atoms with Crippen molar-refractivity contribution in [3.63, 3.8) is 0 Å². The summed E-state index contributed by atoms with van der Waals surface area (Å²) in [5.41, 5.74) is 13.0. The minimum atomic E-state index is -1.53. The topological polar surface area (TPSA) is 40.5 Å². The van der Waals surface area contributed by atoms with Crippen LogP contribution in [0.3, 0.4) is 0 Å². The third-order valence-electron chi connectivity index (χ3n) is 7.64. The lowest BCUT2D eigenvalue weighted by molar-refractivity contribution is 0.426. The van der Waals surface area contributed by atoms with Gasteiger partial charge in [0.05, 0.1) is 0 Å². The second-order valence-corrected chi connectivity index (χ2v) is 12.4. The van der Waals surface area contributed by atoms with Crippen molar-refractivity contribution in [1.29, 1.82) is 0 Å². The molecule has 0 fully saturated rings. The second kappa shape index (κ2) is 11.6. The molecular weight excluding hydrogens is 451 g/mol. The monoisotopic (exact) mass is 498 g/mol. The largest absolute Gasteiger partial charge is 0.488 e. The van der Waals surface area contributed by atoms with Crippen LogP contribution in [0.25, 0.3) is 22.3 Å². The van der Waals surface area contributed by atoms with E-state index in [2.05, 4.69) is 106 Å². The highest BCUT2D eigenvalue weighted by atomic mass is 16.4. The third kappa shape index (κ3) is 6.21. The van der Waals surface area contributed by atoms with Gasteiger partial charge in [-0.05, 0) is 104 Å². The molecule has 0 radical (unpaired) electrons. The van der Waals surface area contributed by atoms with E-state index >= 15 is 0 Å². The molecule has 0 aliphatic carbocycles. The SMILES string of the molecule is Cc1cc(C(C)C)cc(C(C)C)c1-c1cc(B(O)O)cc(-c2c(C(C)C)cc(C(C)C)cc2C(C)C)c1. The van der Waals surface area contributed by atoms with Crippen molar-refractivity contribution in [2.24, 2.45) is 0 Å². The minimum Gasteiger partial charge on any atom is -0.423 e. The zero-order valence-corrected chi connectivity index (χ0v) is 24.9. The molecule has 0 saturated carbocycles. The lowest BCUT2D eigenvalue weighted by atomic mass is 9.74. The summed E-state index contributed by atoms with van der Waals surface area (Å²) in [4.78, 5) is 0. The Hall–Kier alpha value is -2.36. The van der Waals surface area contributed by atoms with Crippen molar-refractivity contribution < 1.29 is 10.0 Å². The van der Waals surface area contributed by atoms with E-state index in [1.807, 2.05) is 12.1 Å². The fourth-order valence-electron chi connectivity index (χ4n) is 5.40. The lowest BCUT2D eigenvalue weighted by Crippen LogP contribution is -2.30. The van der Waals surface area contributed by atoms with Gasteiger partial charge in [0.25, 0.3) is 0 Å². The van der Waals surface area contributed by atoms with Gasteiger partial charge in [-0.2, -0.15) is 0 Å². The highest BCUT2D eigenvalue weighted by molar-refractivity contribution is 6.58. The van der Waals surface area contributed by atoms with Gasteiger partial charge >= 0.3 is 7.12 Å². The summed E-state index contributed by atoms with van der Waals surface area (Å²) < 4.78 is 0. The first-order valence-corrected chi connectivity index (χ1v) is 14.1. The molecule has 3 aromatic rings. The van der Waals surface area contributed by atoms with Crippen LogP contribution < -0.4 is 5.46 Å². The molecule has 0 unspecified atom stereocenters. The molecule has 0 aromatic heterocycles. The van der Waals surface area contributed by atoms with Crippen LogP contribution in [0.4, 0.5) is 0 Å². The number of hydrogen-bond acceptors (Lipinski definition) is 2. The van der Waals surface area contributed by atoms with Crippen LogP contribution in [0.15, 0.2) is 42.5 Å². The van der Waals surface area contributed by atoms with E-state index in [4.69, 9.17) is 0 Å². The average Bonchev–Trinajstić information content (AvgIpc) is 2.81. The molecule has 0 amide bonds. The summed E-state index contributed by atoms with van der Waals surface area (Å²) in [5, 5.41) is 20.7. The Morgan fingerprint density at radius 2 is 0.865 bits per heavy atom. The Morgan fingerprint density at radius 1 is 0.486 bits per heavy atom. The summed E-state index contributed by atoms with van der Waals surface area (Å²) in [6, 6.07) is 15.6. The van der Waals surface area contributed by atoms with Crippen LogP contribution in [0, 0.1) is 6.92 Å². The predicted molar refractivity (Wildman–Crippen MR) is 162 cm³/mol. The van der Waals surface area contributed by atoms with Gasteiger partial charge in [0.1, 0.15) is 0 Å². The van der Waals surface area contributed by atoms with Gasteiger partial charge in [-0.15, -0.1) is 0 Å². The van der Waals surface area contributed by atoms with Gasteiger partial charge in [0.15, 0.2) is 0 Å². The second-order valence-electron chi connectivity index (χ2n) is 12.4. The summed E-state index contributed by atoms with van der Waals surface area (Å²) in [5.74, 6) is 1.93. The molecule has 0 aliphatic rings. The predicted octanol–water partition coefficient (Wildman–Crippen LogP) is 8.63. The Labute approximate surface area is 226 Å². The summed E-state index contributed by atoms with van der Waals surface area (Å²) in [6.45, 7) is 24.7. The molecule has 2 nitrogen and oxygen atoms in total. The van der Waals surface area contributed by atoms with Crippen LogP contribution in [0.2, 0.25) is 0 Å². The third-order valence-corrected chi connectivity index (χ3v) is 7.64. The molecule has 37 heavy (non-hydrogen) atoms. The Balaban J connectivity index is 2.44. The Morgan fingerprint density at radius 3 is 1.24 bits per heavy atom. The Kier molecular flexibility index (Phi) is 9.14. The van der Waals surface area contributed by atoms with Crippen molar-refractivity contribution in [2.75, 3.05) is 0 Å². The molecule has 0 spiro atoms. The summed E-state index contributed by atoms with van der Waals surface area (Å²) in [7, 11) is -1.53. The zero-order valence-electron chi connectivity index (χ0n) is 24.9. The molecule has 0 aliphatic heterocycles. The number of hydrogen-bond donors (Lipinski definition) is 2. The van der Waals surface area contributed by atoms with Gasteiger partial charge in [-0.3, -0.25) is 0 Å². The minimum absolute atomic E-state index is 0.343. The van der Waals surface area contributed by atoms with Gasteiger partial charge in [-0.25, -0.2) is 0 Å². The lowest BCUT2D eigenvalue weighted by Gasteiger charge is -2.25. The summed E-state index contributed by atoms with van der Waals surface area (Å²) >= 11 is 0. The Bertz CT molecular complexity index is 1220. The van der Waals surface area contributed by atoms with Crippen LogP contribution >= 0.6 is 0 Å². The van der Waals surface area contributed by atoms with E-state index in [0.717, 1.165) is 11.1 Å². The molecule has 0 atom stereocenters. The van der Waals surface area contributed by atoms with Crippen LogP contribution in [0.1, 0.15) is 132 Å². The van der Waals surface area contributed by atoms with Gasteiger partial charge < -0.3 is 10.0 Å². The maximum atomic E-state index is 10.4. The molecular formula is C34H47BO2. The van der Waals surface area contributed by atoms with Crippen LogP contribution in [0.5, 0.6) is 0 Å². The number of rotatable bonds is 8. The first kappa shape index (κ1) is 29.2. The van der Waals surface area contributed by atoms with E-state index < -0.39 is 7.12 Å². The fourth-order valence-corrected chi connectivity index (χ4v) is 5.40. The number of aryl methyl sites for hydroxylation is 1. The van der Waals surface area contributed by atoms with Gasteiger partial charge in [0, 0.05) is 0 Å². The molecule has 3 heteroatoms. The zero-order chi connectivity index (χ0) is 27.8. The first-order chi connectivity index (χ1) is 17.2. The smallest absolute Gasteiger partial charge is 0.423 e. The van der Waals surface area contributed by atoms with E-state index in [1.54, 1.807) is 0 Å². The van der Waals surface area contributed by atoms with E-state index in [1.165, 1.54) is 44.5 Å². The maximum absolute atomic E-state index is 10.4. The molecule has 0 bridgehead atoms. The van der Waals surface area contributed by atoms with Crippen molar-refractivity contribution in [1.82, 2.24) is 0 Å². The van der Waals surface area contributed by atoms with Crippen molar-refractivity contribution >= 4 is 12.6 Å². The molecule has 0 saturated heterocycles. The van der Waals surface area contributed by atoms with Crippen molar-refractivity contribution in [3.8, 4) is 22.3 Å². The quantitative estimate of drug-likeness (QED) is 0.305. The average molecular weight is 499 g/mol. The molecule has 3 aromatic carbocycles. The normalized spacial score (nSPS) is 12.1. The van der Waals surface area contributed by atoms with E-state index in [0.29, 0.717) is 35.1 Å². The summed E-state index contributed by atoms with van der Waals surface area (Å²) in [6.07, 6.45) is 0. The molecule has 3 rings (SSSR count). The highest BCUT2D eigenvalue weighted by Gasteiger charge is 2.23. The van der Waals surface area contributed by atoms with Gasteiger partial charge in [0.2, 0.25) is 0 Å². The molecule has 198 valence electrons. The van der Waals surface area contributed by atoms with Crippen molar-refractivity contribution in [2.45, 2.75) is 106 Å². The first-order valence-electron chi connectivity index (χ1n) is 14.1.